The molecule has 1 amide bonds. The number of benzene rings is 1. The molecule has 0 spiro atoms. The number of carboxylic acid groups (broad SMARTS) is 1. The Kier molecular flexibility index (Phi) is 5.10. The number of hydrogen-bond acceptors (Lipinski definition) is 5. The number of rotatable bonds is 8. The SMILES string of the molecule is O=C(O)COc1ccc(CCNC(=O)c2cnc(C3CC3)s2)cc1. The van der Waals surface area contributed by atoms with E-state index in [2.05, 4.69) is 10.3 Å². The lowest BCUT2D eigenvalue weighted by Crippen LogP contribution is -2.24. The van der Waals surface area contributed by atoms with E-state index in [-0.39, 0.29) is 12.5 Å². The van der Waals surface area contributed by atoms with Crippen molar-refractivity contribution in [1.82, 2.24) is 10.3 Å². The third-order valence-corrected chi connectivity index (χ3v) is 4.82. The third kappa shape index (κ3) is 4.55. The van der Waals surface area contributed by atoms with Crippen molar-refractivity contribution in [3.05, 3.63) is 45.9 Å². The molecule has 1 aliphatic rings. The monoisotopic (exact) mass is 346 g/mol. The van der Waals surface area contributed by atoms with Crippen LogP contribution in [-0.4, -0.2) is 35.1 Å². The van der Waals surface area contributed by atoms with Gasteiger partial charge in [0.15, 0.2) is 6.61 Å². The zero-order chi connectivity index (χ0) is 16.9. The van der Waals surface area contributed by atoms with Crippen LogP contribution in [0.3, 0.4) is 0 Å². The number of aliphatic carboxylic acids is 1. The smallest absolute Gasteiger partial charge is 0.341 e. The first kappa shape index (κ1) is 16.4. The van der Waals surface area contributed by atoms with Gasteiger partial charge in [-0.25, -0.2) is 9.78 Å². The minimum atomic E-state index is -1.00. The number of carbonyl (C=O) groups is 2. The zero-order valence-corrected chi connectivity index (χ0v) is 13.8. The van der Waals surface area contributed by atoms with Gasteiger partial charge in [-0.15, -0.1) is 11.3 Å². The van der Waals surface area contributed by atoms with E-state index in [4.69, 9.17) is 9.84 Å². The molecule has 1 saturated carbocycles. The summed E-state index contributed by atoms with van der Waals surface area (Å²) in [7, 11) is 0. The molecule has 1 aliphatic carbocycles. The highest BCUT2D eigenvalue weighted by molar-refractivity contribution is 7.13. The number of carbonyl (C=O) groups excluding carboxylic acids is 1. The Morgan fingerprint density at radius 3 is 2.71 bits per heavy atom. The summed E-state index contributed by atoms with van der Waals surface area (Å²) < 4.78 is 5.07. The summed E-state index contributed by atoms with van der Waals surface area (Å²) in [6.07, 6.45) is 4.71. The van der Waals surface area contributed by atoms with Crippen LogP contribution in [0.1, 0.15) is 39.0 Å². The van der Waals surface area contributed by atoms with Crippen LogP contribution in [0, 0.1) is 0 Å². The van der Waals surface area contributed by atoms with Crippen LogP contribution < -0.4 is 10.1 Å². The number of amides is 1. The van der Waals surface area contributed by atoms with Crippen LogP contribution in [0.2, 0.25) is 0 Å². The molecular formula is C17H18N2O4S. The van der Waals surface area contributed by atoms with Gasteiger partial charge in [-0.1, -0.05) is 12.1 Å². The predicted octanol–water partition coefficient (Wildman–Crippen LogP) is 2.46. The summed E-state index contributed by atoms with van der Waals surface area (Å²) in [5.74, 6) is -0.00336. The van der Waals surface area contributed by atoms with Gasteiger partial charge in [0.1, 0.15) is 10.6 Å². The highest BCUT2D eigenvalue weighted by Crippen LogP contribution is 2.41. The van der Waals surface area contributed by atoms with Gasteiger partial charge in [-0.05, 0) is 37.0 Å². The number of carboxylic acids is 1. The Morgan fingerprint density at radius 2 is 2.04 bits per heavy atom. The highest BCUT2D eigenvalue weighted by Gasteiger charge is 2.27. The molecule has 2 N–H and O–H groups in total. The van der Waals surface area contributed by atoms with Crippen molar-refractivity contribution < 1.29 is 19.4 Å². The predicted molar refractivity (Wildman–Crippen MR) is 89.7 cm³/mol. The lowest BCUT2D eigenvalue weighted by Gasteiger charge is -2.06. The molecule has 7 heteroatoms. The number of ether oxygens (including phenoxy) is 1. The highest BCUT2D eigenvalue weighted by atomic mass is 32.1. The van der Waals surface area contributed by atoms with E-state index in [1.54, 1.807) is 18.3 Å². The van der Waals surface area contributed by atoms with E-state index >= 15 is 0 Å². The van der Waals surface area contributed by atoms with E-state index in [0.29, 0.717) is 29.5 Å². The lowest BCUT2D eigenvalue weighted by molar-refractivity contribution is -0.139. The molecule has 2 aromatic rings. The summed E-state index contributed by atoms with van der Waals surface area (Å²) in [6, 6.07) is 7.18. The fourth-order valence-corrected chi connectivity index (χ4v) is 3.22. The normalized spacial score (nSPS) is 13.5. The number of hydrogen-bond donors (Lipinski definition) is 2. The molecule has 1 aromatic carbocycles. The van der Waals surface area contributed by atoms with Gasteiger partial charge in [-0.2, -0.15) is 0 Å². The topological polar surface area (TPSA) is 88.5 Å². The Morgan fingerprint density at radius 1 is 1.29 bits per heavy atom. The Bertz CT molecular complexity index is 722. The molecule has 1 aromatic heterocycles. The molecule has 1 fully saturated rings. The van der Waals surface area contributed by atoms with Crippen molar-refractivity contribution in [1.29, 1.82) is 0 Å². The molecule has 0 aliphatic heterocycles. The molecule has 0 radical (unpaired) electrons. The average molecular weight is 346 g/mol. The fraction of sp³-hybridized carbons (Fsp3) is 0.353. The molecule has 0 atom stereocenters. The minimum absolute atomic E-state index is 0.0826. The standard InChI is InChI=1S/C17H18N2O4S/c20-15(21)10-23-13-5-1-11(2-6-13)7-8-18-16(22)14-9-19-17(24-14)12-3-4-12/h1-2,5-6,9,12H,3-4,7-8,10H2,(H,18,22)(H,20,21). The largest absolute Gasteiger partial charge is 0.482 e. The van der Waals surface area contributed by atoms with Gasteiger partial charge < -0.3 is 15.2 Å². The summed E-state index contributed by atoms with van der Waals surface area (Å²) in [5.41, 5.74) is 1.04. The second-order valence-corrected chi connectivity index (χ2v) is 6.73. The summed E-state index contributed by atoms with van der Waals surface area (Å²) in [4.78, 5) is 27.5. The summed E-state index contributed by atoms with van der Waals surface area (Å²) in [6.45, 7) is 0.178. The molecule has 0 saturated heterocycles. The van der Waals surface area contributed by atoms with Crippen LogP contribution in [0.15, 0.2) is 30.5 Å². The van der Waals surface area contributed by atoms with E-state index in [1.165, 1.54) is 24.2 Å². The maximum Gasteiger partial charge on any atom is 0.341 e. The van der Waals surface area contributed by atoms with E-state index in [1.807, 2.05) is 12.1 Å². The molecule has 0 unspecified atom stereocenters. The zero-order valence-electron chi connectivity index (χ0n) is 13.0. The fourth-order valence-electron chi connectivity index (χ4n) is 2.22. The van der Waals surface area contributed by atoms with Gasteiger partial charge in [0.2, 0.25) is 0 Å². The quantitative estimate of drug-likeness (QED) is 0.766. The average Bonchev–Trinajstić information content (AvgIpc) is 3.31. The summed E-state index contributed by atoms with van der Waals surface area (Å²) >= 11 is 1.48. The maximum absolute atomic E-state index is 12.1. The van der Waals surface area contributed by atoms with Gasteiger partial charge >= 0.3 is 5.97 Å². The van der Waals surface area contributed by atoms with Crippen LogP contribution in [-0.2, 0) is 11.2 Å². The Hall–Kier alpha value is -2.41. The first-order valence-corrected chi connectivity index (χ1v) is 8.61. The van der Waals surface area contributed by atoms with E-state index in [9.17, 15) is 9.59 Å². The Labute approximate surface area is 143 Å². The van der Waals surface area contributed by atoms with E-state index < -0.39 is 5.97 Å². The van der Waals surface area contributed by atoms with Crippen molar-refractivity contribution in [3.63, 3.8) is 0 Å². The van der Waals surface area contributed by atoms with E-state index in [0.717, 1.165) is 10.6 Å². The first-order valence-electron chi connectivity index (χ1n) is 7.79. The number of aromatic nitrogens is 1. The minimum Gasteiger partial charge on any atom is -0.482 e. The van der Waals surface area contributed by atoms with Crippen molar-refractivity contribution in [2.45, 2.75) is 25.2 Å². The van der Waals surface area contributed by atoms with Crippen LogP contribution in [0.5, 0.6) is 5.75 Å². The Balaban J connectivity index is 1.43. The maximum atomic E-state index is 12.1. The van der Waals surface area contributed by atoms with Crippen molar-refractivity contribution >= 4 is 23.2 Å². The number of nitrogens with one attached hydrogen (secondary N) is 1. The molecule has 0 bridgehead atoms. The van der Waals surface area contributed by atoms with Crippen molar-refractivity contribution in [2.24, 2.45) is 0 Å². The molecule has 3 rings (SSSR count). The van der Waals surface area contributed by atoms with Crippen LogP contribution in [0.4, 0.5) is 0 Å². The second-order valence-electron chi connectivity index (χ2n) is 5.67. The van der Waals surface area contributed by atoms with Crippen molar-refractivity contribution in [3.8, 4) is 5.75 Å². The van der Waals surface area contributed by atoms with Crippen LogP contribution in [0.25, 0.3) is 0 Å². The van der Waals surface area contributed by atoms with Gasteiger partial charge in [-0.3, -0.25) is 4.79 Å². The first-order chi connectivity index (χ1) is 11.6. The van der Waals surface area contributed by atoms with Crippen LogP contribution >= 0.6 is 11.3 Å². The summed E-state index contributed by atoms with van der Waals surface area (Å²) in [5, 5.41) is 12.5. The number of nitrogens with zero attached hydrogens (tertiary/aromatic N) is 1. The lowest BCUT2D eigenvalue weighted by atomic mass is 10.1. The molecule has 1 heterocycles. The number of thiazole rings is 1. The van der Waals surface area contributed by atoms with Gasteiger partial charge in [0.25, 0.3) is 5.91 Å². The van der Waals surface area contributed by atoms with Crippen molar-refractivity contribution in [2.75, 3.05) is 13.2 Å². The molecular weight excluding hydrogens is 328 g/mol. The van der Waals surface area contributed by atoms with Gasteiger partial charge in [0, 0.05) is 12.5 Å². The molecule has 24 heavy (non-hydrogen) atoms. The molecule has 126 valence electrons. The second kappa shape index (κ2) is 7.44. The third-order valence-electron chi connectivity index (χ3n) is 3.66. The molecule has 6 nitrogen and oxygen atoms in total. The van der Waals surface area contributed by atoms with Gasteiger partial charge in [0.05, 0.1) is 11.2 Å².